The summed E-state index contributed by atoms with van der Waals surface area (Å²) >= 11 is 0. The van der Waals surface area contributed by atoms with E-state index in [9.17, 15) is 9.90 Å². The number of amides is 1. The number of carbonyl (C=O) groups excluding carboxylic acids is 1. The number of anilines is 1. The molecule has 3 atom stereocenters. The van der Waals surface area contributed by atoms with Gasteiger partial charge in [-0.15, -0.1) is 0 Å². The number of fused-ring (bicyclic) bond motifs is 1. The standard InChI is InChI=1S/C29H39N3O3/c1-20(33)31-25(16-21-8-3-2-4-9-21)27(34)19-30-26-18-29(14-7-15-29)35-28-13-12-23(17-24(26)28)32-22-10-5-6-11-22/h2-4,8-9,12-13,17,22,25-27,30,32,34H,5-7,10-11,14-16,18-19H2,1H3,(H,31,33)/t25-,26-,27-/m0/s1. The summed E-state index contributed by atoms with van der Waals surface area (Å²) in [5, 5.41) is 21.4. The first kappa shape index (κ1) is 24.1. The topological polar surface area (TPSA) is 82.6 Å². The van der Waals surface area contributed by atoms with Gasteiger partial charge in [0.15, 0.2) is 0 Å². The van der Waals surface area contributed by atoms with Gasteiger partial charge in [-0.25, -0.2) is 0 Å². The van der Waals surface area contributed by atoms with E-state index in [1.54, 1.807) is 0 Å². The molecule has 2 fully saturated rings. The van der Waals surface area contributed by atoms with Crippen LogP contribution in [0.15, 0.2) is 48.5 Å². The summed E-state index contributed by atoms with van der Waals surface area (Å²) in [4.78, 5) is 11.9. The fourth-order valence-corrected chi connectivity index (χ4v) is 5.94. The van der Waals surface area contributed by atoms with Gasteiger partial charge in [-0.2, -0.15) is 0 Å². The molecule has 0 unspecified atom stereocenters. The molecule has 3 aliphatic rings. The van der Waals surface area contributed by atoms with Gasteiger partial charge in [-0.3, -0.25) is 4.79 Å². The zero-order valence-electron chi connectivity index (χ0n) is 20.8. The fourth-order valence-electron chi connectivity index (χ4n) is 5.94. The lowest BCUT2D eigenvalue weighted by molar-refractivity contribution is -0.120. The van der Waals surface area contributed by atoms with E-state index in [0.29, 0.717) is 19.0 Å². The minimum atomic E-state index is -0.706. The number of hydrogen-bond acceptors (Lipinski definition) is 5. The van der Waals surface area contributed by atoms with Gasteiger partial charge in [0.1, 0.15) is 11.4 Å². The van der Waals surface area contributed by atoms with Gasteiger partial charge in [0, 0.05) is 43.2 Å². The molecule has 1 heterocycles. The van der Waals surface area contributed by atoms with Gasteiger partial charge < -0.3 is 25.8 Å². The van der Waals surface area contributed by atoms with Crippen molar-refractivity contribution in [2.45, 2.75) is 94.5 Å². The van der Waals surface area contributed by atoms with Crippen LogP contribution in [-0.4, -0.2) is 41.3 Å². The largest absolute Gasteiger partial charge is 0.487 e. The Morgan fingerprint density at radius 3 is 2.57 bits per heavy atom. The van der Waals surface area contributed by atoms with Crippen molar-refractivity contribution in [3.05, 3.63) is 59.7 Å². The maximum atomic E-state index is 11.9. The van der Waals surface area contributed by atoms with E-state index < -0.39 is 6.10 Å². The van der Waals surface area contributed by atoms with Crippen molar-refractivity contribution in [1.29, 1.82) is 0 Å². The minimum Gasteiger partial charge on any atom is -0.487 e. The lowest BCUT2D eigenvalue weighted by Gasteiger charge is -2.48. The highest BCUT2D eigenvalue weighted by atomic mass is 16.5. The maximum absolute atomic E-state index is 11.9. The van der Waals surface area contributed by atoms with Crippen LogP contribution in [-0.2, 0) is 11.2 Å². The van der Waals surface area contributed by atoms with Crippen LogP contribution in [0, 0.1) is 0 Å². The third-order valence-corrected chi connectivity index (χ3v) is 8.00. The predicted molar refractivity (Wildman–Crippen MR) is 139 cm³/mol. The van der Waals surface area contributed by atoms with Crippen LogP contribution in [0.25, 0.3) is 0 Å². The van der Waals surface area contributed by atoms with Gasteiger partial charge in [-0.1, -0.05) is 43.2 Å². The monoisotopic (exact) mass is 477 g/mol. The van der Waals surface area contributed by atoms with E-state index in [1.165, 1.54) is 39.0 Å². The van der Waals surface area contributed by atoms with Crippen LogP contribution in [0.2, 0.25) is 0 Å². The highest BCUT2D eigenvalue weighted by Gasteiger charge is 2.45. The normalized spacial score (nSPS) is 22.5. The van der Waals surface area contributed by atoms with Gasteiger partial charge in [0.05, 0.1) is 12.1 Å². The summed E-state index contributed by atoms with van der Waals surface area (Å²) in [5.41, 5.74) is 3.32. The molecule has 6 heteroatoms. The Hall–Kier alpha value is -2.57. The molecule has 0 bridgehead atoms. The number of rotatable bonds is 9. The van der Waals surface area contributed by atoms with Gasteiger partial charge in [-0.05, 0) is 62.3 Å². The average molecular weight is 478 g/mol. The van der Waals surface area contributed by atoms with E-state index in [-0.39, 0.29) is 23.6 Å². The third kappa shape index (κ3) is 5.81. The molecule has 1 amide bonds. The Morgan fingerprint density at radius 2 is 1.89 bits per heavy atom. The summed E-state index contributed by atoms with van der Waals surface area (Å²) in [5.74, 6) is 0.833. The quantitative estimate of drug-likeness (QED) is 0.428. The van der Waals surface area contributed by atoms with Crippen LogP contribution in [0.3, 0.4) is 0 Å². The second-order valence-electron chi connectivity index (χ2n) is 10.7. The molecule has 2 aromatic carbocycles. The van der Waals surface area contributed by atoms with Gasteiger partial charge in [0.2, 0.25) is 5.91 Å². The SMILES string of the molecule is CC(=O)N[C@@H](Cc1ccccc1)[C@@H](O)CN[C@H]1CC2(CCC2)Oc2ccc(NC3CCCC3)cc21. The third-order valence-electron chi connectivity index (χ3n) is 8.00. The molecule has 2 aromatic rings. The second-order valence-corrected chi connectivity index (χ2v) is 10.7. The summed E-state index contributed by atoms with van der Waals surface area (Å²) in [6, 6.07) is 16.8. The number of ether oxygens (including phenoxy) is 1. The minimum absolute atomic E-state index is 0.0862. The molecule has 0 saturated heterocycles. The van der Waals surface area contributed by atoms with Crippen molar-refractivity contribution in [3.8, 4) is 5.75 Å². The summed E-state index contributed by atoms with van der Waals surface area (Å²) < 4.78 is 6.51. The van der Waals surface area contributed by atoms with Crippen molar-refractivity contribution in [1.82, 2.24) is 10.6 Å². The van der Waals surface area contributed by atoms with Crippen molar-refractivity contribution in [3.63, 3.8) is 0 Å². The maximum Gasteiger partial charge on any atom is 0.217 e. The molecule has 4 N–H and O–H groups in total. The van der Waals surface area contributed by atoms with Crippen LogP contribution < -0.4 is 20.7 Å². The first-order chi connectivity index (χ1) is 17.0. The van der Waals surface area contributed by atoms with Crippen molar-refractivity contribution in [2.75, 3.05) is 11.9 Å². The summed E-state index contributed by atoms with van der Waals surface area (Å²) in [7, 11) is 0. The molecule has 1 aliphatic heterocycles. The Labute approximate surface area is 208 Å². The number of aliphatic hydroxyl groups is 1. The van der Waals surface area contributed by atoms with Crippen LogP contribution >= 0.6 is 0 Å². The molecule has 188 valence electrons. The highest BCUT2D eigenvalue weighted by molar-refractivity contribution is 5.73. The smallest absolute Gasteiger partial charge is 0.217 e. The molecular formula is C29H39N3O3. The number of hydrogen-bond donors (Lipinski definition) is 4. The van der Waals surface area contributed by atoms with Crippen LogP contribution in [0.4, 0.5) is 5.69 Å². The molecule has 1 spiro atoms. The van der Waals surface area contributed by atoms with Crippen molar-refractivity contribution >= 4 is 11.6 Å². The molecule has 2 aliphatic carbocycles. The van der Waals surface area contributed by atoms with Crippen LogP contribution in [0.5, 0.6) is 5.75 Å². The lowest BCUT2D eigenvalue weighted by Crippen LogP contribution is -2.52. The van der Waals surface area contributed by atoms with Gasteiger partial charge in [0.25, 0.3) is 0 Å². The molecule has 2 saturated carbocycles. The van der Waals surface area contributed by atoms with Crippen LogP contribution in [0.1, 0.15) is 75.5 Å². The zero-order valence-corrected chi connectivity index (χ0v) is 20.8. The Balaban J connectivity index is 1.30. The average Bonchev–Trinajstić information content (AvgIpc) is 3.34. The molecule has 6 nitrogen and oxygen atoms in total. The molecule has 0 aromatic heterocycles. The second kappa shape index (κ2) is 10.6. The first-order valence-corrected chi connectivity index (χ1v) is 13.3. The zero-order chi connectivity index (χ0) is 24.3. The van der Waals surface area contributed by atoms with E-state index in [2.05, 4.69) is 34.1 Å². The highest BCUT2D eigenvalue weighted by Crippen LogP contribution is 2.49. The lowest BCUT2D eigenvalue weighted by atomic mass is 9.73. The van der Waals surface area contributed by atoms with E-state index in [4.69, 9.17) is 4.74 Å². The van der Waals surface area contributed by atoms with Crippen molar-refractivity contribution < 1.29 is 14.6 Å². The van der Waals surface area contributed by atoms with E-state index >= 15 is 0 Å². The number of benzene rings is 2. The van der Waals surface area contributed by atoms with E-state index in [0.717, 1.165) is 41.8 Å². The number of aliphatic hydroxyl groups excluding tert-OH is 1. The summed E-state index contributed by atoms with van der Waals surface area (Å²) in [6.07, 6.45) is 9.22. The molecular weight excluding hydrogens is 438 g/mol. The van der Waals surface area contributed by atoms with E-state index in [1.807, 2.05) is 30.3 Å². The summed E-state index contributed by atoms with van der Waals surface area (Å²) in [6.45, 7) is 1.91. The Morgan fingerprint density at radius 1 is 1.11 bits per heavy atom. The predicted octanol–water partition coefficient (Wildman–Crippen LogP) is 4.49. The Bertz CT molecular complexity index is 1000. The number of carbonyl (C=O) groups is 1. The number of nitrogens with one attached hydrogen (secondary N) is 3. The van der Waals surface area contributed by atoms with Gasteiger partial charge >= 0.3 is 0 Å². The molecule has 5 rings (SSSR count). The first-order valence-electron chi connectivity index (χ1n) is 13.3. The molecule has 35 heavy (non-hydrogen) atoms. The fraction of sp³-hybridized carbons (Fsp3) is 0.552. The Kier molecular flexibility index (Phi) is 7.30. The molecule has 0 radical (unpaired) electrons. The van der Waals surface area contributed by atoms with Crippen molar-refractivity contribution in [2.24, 2.45) is 0 Å².